The van der Waals surface area contributed by atoms with Gasteiger partial charge in [-0.15, -0.1) is 0 Å². The molecule has 0 amide bonds. The van der Waals surface area contributed by atoms with Crippen LogP contribution in [0, 0.1) is 12.8 Å². The minimum Gasteiger partial charge on any atom is -0.463 e. The monoisotopic (exact) mass is 236 g/mol. The molecule has 1 aromatic heterocycles. The van der Waals surface area contributed by atoms with Crippen molar-refractivity contribution in [2.45, 2.75) is 46.3 Å². The van der Waals surface area contributed by atoms with Crippen molar-refractivity contribution in [1.29, 1.82) is 0 Å². The van der Waals surface area contributed by atoms with Crippen molar-refractivity contribution in [2.24, 2.45) is 5.92 Å². The van der Waals surface area contributed by atoms with Crippen LogP contribution in [-0.2, 0) is 13.1 Å². The average Bonchev–Trinajstić information content (AvgIpc) is 2.73. The molecular formula is C14H24N2O. The summed E-state index contributed by atoms with van der Waals surface area (Å²) in [4.78, 5) is 2.52. The molecule has 96 valence electrons. The van der Waals surface area contributed by atoms with Crippen LogP contribution in [0.1, 0.15) is 37.4 Å². The minimum atomic E-state index is 0.683. The predicted molar refractivity (Wildman–Crippen MR) is 69.9 cm³/mol. The van der Waals surface area contributed by atoms with E-state index >= 15 is 0 Å². The fourth-order valence-corrected chi connectivity index (χ4v) is 2.81. The minimum absolute atomic E-state index is 0.683. The van der Waals surface area contributed by atoms with Gasteiger partial charge in [-0.3, -0.25) is 4.90 Å². The van der Waals surface area contributed by atoms with Gasteiger partial charge >= 0.3 is 0 Å². The molecule has 2 rings (SSSR count). The van der Waals surface area contributed by atoms with Crippen LogP contribution < -0.4 is 5.32 Å². The van der Waals surface area contributed by atoms with E-state index in [-0.39, 0.29) is 0 Å². The molecule has 3 heteroatoms. The van der Waals surface area contributed by atoms with Crippen molar-refractivity contribution < 1.29 is 4.42 Å². The van der Waals surface area contributed by atoms with Gasteiger partial charge in [-0.2, -0.15) is 0 Å². The second-order valence-electron chi connectivity index (χ2n) is 5.47. The summed E-state index contributed by atoms with van der Waals surface area (Å²) < 4.78 is 5.90. The van der Waals surface area contributed by atoms with Crippen molar-refractivity contribution in [3.63, 3.8) is 0 Å². The number of likely N-dealkylation sites (tertiary alicyclic amines) is 1. The second kappa shape index (κ2) is 5.23. The maximum absolute atomic E-state index is 5.90. The lowest BCUT2D eigenvalue weighted by Crippen LogP contribution is -2.26. The third kappa shape index (κ3) is 2.90. The summed E-state index contributed by atoms with van der Waals surface area (Å²) in [6, 6.07) is 2.87. The molecule has 2 atom stereocenters. The Labute approximate surface area is 104 Å². The van der Waals surface area contributed by atoms with Gasteiger partial charge in [0.2, 0.25) is 0 Å². The van der Waals surface area contributed by atoms with E-state index in [9.17, 15) is 0 Å². The Hall–Kier alpha value is -0.800. The van der Waals surface area contributed by atoms with Crippen LogP contribution in [-0.4, -0.2) is 24.5 Å². The van der Waals surface area contributed by atoms with Gasteiger partial charge < -0.3 is 9.73 Å². The molecule has 3 nitrogen and oxygen atoms in total. The van der Waals surface area contributed by atoms with E-state index in [0.29, 0.717) is 6.04 Å². The standard InChI is InChI=1S/C14H24N2O/c1-10-5-12(3)16(8-10)9-13-6-11(2)14(17-13)7-15-4/h6,10,12,15H,5,7-9H2,1-4H3. The van der Waals surface area contributed by atoms with Crippen LogP contribution >= 0.6 is 0 Å². The highest BCUT2D eigenvalue weighted by Crippen LogP contribution is 2.25. The zero-order valence-electron chi connectivity index (χ0n) is 11.4. The lowest BCUT2D eigenvalue weighted by Gasteiger charge is -2.19. The number of nitrogens with one attached hydrogen (secondary N) is 1. The highest BCUT2D eigenvalue weighted by molar-refractivity contribution is 5.20. The topological polar surface area (TPSA) is 28.4 Å². The number of rotatable bonds is 4. The first kappa shape index (κ1) is 12.7. The van der Waals surface area contributed by atoms with Crippen LogP contribution in [0.2, 0.25) is 0 Å². The molecule has 0 radical (unpaired) electrons. The Balaban J connectivity index is 2.01. The lowest BCUT2D eigenvalue weighted by atomic mass is 10.1. The van der Waals surface area contributed by atoms with Crippen molar-refractivity contribution in [1.82, 2.24) is 10.2 Å². The molecule has 0 spiro atoms. The largest absolute Gasteiger partial charge is 0.463 e. The summed E-state index contributed by atoms with van der Waals surface area (Å²) in [6.45, 7) is 9.73. The number of hydrogen-bond acceptors (Lipinski definition) is 3. The number of hydrogen-bond donors (Lipinski definition) is 1. The highest BCUT2D eigenvalue weighted by Gasteiger charge is 2.26. The molecule has 2 heterocycles. The summed E-state index contributed by atoms with van der Waals surface area (Å²) in [5.74, 6) is 2.99. The van der Waals surface area contributed by atoms with Crippen molar-refractivity contribution >= 4 is 0 Å². The molecule has 0 saturated carbocycles. The number of nitrogens with zero attached hydrogens (tertiary/aromatic N) is 1. The smallest absolute Gasteiger partial charge is 0.120 e. The third-order valence-corrected chi connectivity index (χ3v) is 3.68. The van der Waals surface area contributed by atoms with E-state index in [0.717, 1.165) is 30.5 Å². The van der Waals surface area contributed by atoms with Crippen LogP contribution in [0.3, 0.4) is 0 Å². The average molecular weight is 236 g/mol. The normalized spacial score (nSPS) is 25.6. The van der Waals surface area contributed by atoms with Crippen molar-refractivity contribution in [3.05, 3.63) is 23.2 Å². The van der Waals surface area contributed by atoms with E-state index < -0.39 is 0 Å². The number of aryl methyl sites for hydroxylation is 1. The van der Waals surface area contributed by atoms with Gasteiger partial charge in [0, 0.05) is 12.6 Å². The van der Waals surface area contributed by atoms with Gasteiger partial charge in [-0.1, -0.05) is 6.92 Å². The molecule has 1 saturated heterocycles. The Morgan fingerprint density at radius 3 is 2.82 bits per heavy atom. The summed E-state index contributed by atoms with van der Waals surface area (Å²) >= 11 is 0. The van der Waals surface area contributed by atoms with Gasteiger partial charge in [-0.05, 0) is 44.9 Å². The Bertz CT molecular complexity index is 372. The van der Waals surface area contributed by atoms with Crippen molar-refractivity contribution in [3.8, 4) is 0 Å². The fraction of sp³-hybridized carbons (Fsp3) is 0.714. The Morgan fingerprint density at radius 2 is 2.24 bits per heavy atom. The summed E-state index contributed by atoms with van der Waals surface area (Å²) in [5, 5.41) is 3.14. The molecule has 1 aliphatic heterocycles. The second-order valence-corrected chi connectivity index (χ2v) is 5.47. The molecule has 2 unspecified atom stereocenters. The van der Waals surface area contributed by atoms with E-state index in [1.54, 1.807) is 0 Å². The van der Waals surface area contributed by atoms with Gasteiger partial charge in [0.1, 0.15) is 11.5 Å². The van der Waals surface area contributed by atoms with Crippen LogP contribution in [0.15, 0.2) is 10.5 Å². The summed E-state index contributed by atoms with van der Waals surface area (Å²) in [5.41, 5.74) is 1.26. The molecule has 1 aliphatic rings. The quantitative estimate of drug-likeness (QED) is 0.871. The lowest BCUT2D eigenvalue weighted by molar-refractivity contribution is 0.232. The van der Waals surface area contributed by atoms with E-state index in [4.69, 9.17) is 4.42 Å². The van der Waals surface area contributed by atoms with Crippen LogP contribution in [0.5, 0.6) is 0 Å². The molecule has 1 N–H and O–H groups in total. The van der Waals surface area contributed by atoms with Crippen LogP contribution in [0.4, 0.5) is 0 Å². The number of furan rings is 1. The Morgan fingerprint density at radius 1 is 1.47 bits per heavy atom. The fourth-order valence-electron chi connectivity index (χ4n) is 2.81. The zero-order valence-corrected chi connectivity index (χ0v) is 11.4. The molecular weight excluding hydrogens is 212 g/mol. The molecule has 0 aromatic carbocycles. The molecule has 0 aliphatic carbocycles. The zero-order chi connectivity index (χ0) is 12.4. The van der Waals surface area contributed by atoms with E-state index in [1.807, 2.05) is 7.05 Å². The maximum Gasteiger partial charge on any atom is 0.120 e. The summed E-state index contributed by atoms with van der Waals surface area (Å²) in [7, 11) is 1.95. The predicted octanol–water partition coefficient (Wildman–Crippen LogP) is 2.54. The molecule has 1 fully saturated rings. The SMILES string of the molecule is CNCc1oc(CN2CC(C)CC2C)cc1C. The summed E-state index contributed by atoms with van der Waals surface area (Å²) in [6.07, 6.45) is 1.31. The molecule has 1 aromatic rings. The van der Waals surface area contributed by atoms with Gasteiger partial charge in [-0.25, -0.2) is 0 Å². The van der Waals surface area contributed by atoms with Crippen LogP contribution in [0.25, 0.3) is 0 Å². The first-order valence-electron chi connectivity index (χ1n) is 6.57. The van der Waals surface area contributed by atoms with Gasteiger partial charge in [0.25, 0.3) is 0 Å². The van der Waals surface area contributed by atoms with E-state index in [1.165, 1.54) is 18.5 Å². The first-order valence-corrected chi connectivity index (χ1v) is 6.57. The Kier molecular flexibility index (Phi) is 3.89. The van der Waals surface area contributed by atoms with Gasteiger partial charge in [0.15, 0.2) is 0 Å². The van der Waals surface area contributed by atoms with Crippen molar-refractivity contribution in [2.75, 3.05) is 13.6 Å². The van der Waals surface area contributed by atoms with Gasteiger partial charge in [0.05, 0.1) is 13.1 Å². The van der Waals surface area contributed by atoms with E-state index in [2.05, 4.69) is 37.1 Å². The maximum atomic E-state index is 5.90. The third-order valence-electron chi connectivity index (χ3n) is 3.68. The molecule has 0 bridgehead atoms. The highest BCUT2D eigenvalue weighted by atomic mass is 16.3. The molecule has 17 heavy (non-hydrogen) atoms. The first-order chi connectivity index (χ1) is 8.10.